The third-order valence-electron chi connectivity index (χ3n) is 2.24. The minimum absolute atomic E-state index is 0.252. The summed E-state index contributed by atoms with van der Waals surface area (Å²) in [6, 6.07) is 6.97. The molecule has 1 aromatic carbocycles. The first-order valence-electron chi connectivity index (χ1n) is 4.39. The van der Waals surface area contributed by atoms with Gasteiger partial charge in [-0.05, 0) is 12.1 Å². The number of hydrogen-bond acceptors (Lipinski definition) is 2. The molecular formula is C10H11N2O2S. The number of fused-ring (bicyclic) bond motifs is 1. The van der Waals surface area contributed by atoms with Crippen LogP contribution in [0.3, 0.4) is 0 Å². The second kappa shape index (κ2) is 3.36. The highest BCUT2D eigenvalue weighted by atomic mass is 32.2. The number of aromatic nitrogens is 1. The van der Waals surface area contributed by atoms with Gasteiger partial charge in [-0.25, -0.2) is 8.42 Å². The molecule has 0 atom stereocenters. The lowest BCUT2D eigenvalue weighted by molar-refractivity contribution is 0.538. The van der Waals surface area contributed by atoms with Crippen molar-refractivity contribution in [3.63, 3.8) is 0 Å². The van der Waals surface area contributed by atoms with Crippen LogP contribution in [0.2, 0.25) is 0 Å². The number of nitrogens with one attached hydrogen (secondary N) is 1. The van der Waals surface area contributed by atoms with Crippen molar-refractivity contribution in [3.8, 4) is 0 Å². The molecule has 0 aliphatic rings. The quantitative estimate of drug-likeness (QED) is 0.840. The summed E-state index contributed by atoms with van der Waals surface area (Å²) in [5.41, 5.74) is 0.619. The Hall–Kier alpha value is -1.33. The van der Waals surface area contributed by atoms with Crippen LogP contribution in [0.1, 0.15) is 0 Å². The van der Waals surface area contributed by atoms with Gasteiger partial charge in [0.25, 0.3) is 0 Å². The second-order valence-corrected chi connectivity index (χ2v) is 5.31. The van der Waals surface area contributed by atoms with E-state index >= 15 is 0 Å². The molecule has 4 nitrogen and oxygen atoms in total. The minimum Gasteiger partial charge on any atom is -0.360 e. The van der Waals surface area contributed by atoms with E-state index in [4.69, 9.17) is 0 Å². The zero-order chi connectivity index (χ0) is 11.1. The van der Waals surface area contributed by atoms with E-state index in [1.54, 1.807) is 18.3 Å². The summed E-state index contributed by atoms with van der Waals surface area (Å²) in [7, 11) is 1.34. The van der Waals surface area contributed by atoms with Crippen LogP contribution < -0.4 is 0 Å². The van der Waals surface area contributed by atoms with Gasteiger partial charge in [0.2, 0.25) is 10.0 Å². The molecule has 0 spiro atoms. The number of para-hydroxylation sites is 1. The van der Waals surface area contributed by atoms with E-state index in [0.717, 1.165) is 9.69 Å². The van der Waals surface area contributed by atoms with E-state index in [-0.39, 0.29) is 4.90 Å². The van der Waals surface area contributed by atoms with E-state index in [0.29, 0.717) is 5.52 Å². The third kappa shape index (κ3) is 1.53. The number of nitrogens with zero attached hydrogens (tertiary/aromatic N) is 1. The molecule has 0 aliphatic carbocycles. The summed E-state index contributed by atoms with van der Waals surface area (Å²) in [6.45, 7) is 0. The van der Waals surface area contributed by atoms with Gasteiger partial charge in [0.15, 0.2) is 0 Å². The Labute approximate surface area is 88.6 Å². The molecule has 0 fully saturated rings. The first-order chi connectivity index (χ1) is 7.03. The SMILES string of the molecule is [CH2]N(C)S(=O)(=O)c1cccc2cc[nH]c12. The van der Waals surface area contributed by atoms with Crippen LogP contribution in [0.25, 0.3) is 10.9 Å². The number of hydrogen-bond donors (Lipinski definition) is 1. The van der Waals surface area contributed by atoms with Gasteiger partial charge < -0.3 is 4.98 Å². The van der Waals surface area contributed by atoms with Crippen LogP contribution >= 0.6 is 0 Å². The van der Waals surface area contributed by atoms with E-state index in [2.05, 4.69) is 12.0 Å². The van der Waals surface area contributed by atoms with Crippen molar-refractivity contribution >= 4 is 20.9 Å². The average molecular weight is 223 g/mol. The molecule has 5 heteroatoms. The summed E-state index contributed by atoms with van der Waals surface area (Å²) < 4.78 is 24.7. The zero-order valence-corrected chi connectivity index (χ0v) is 9.08. The average Bonchev–Trinajstić information content (AvgIpc) is 2.64. The van der Waals surface area contributed by atoms with Crippen molar-refractivity contribution < 1.29 is 8.42 Å². The Bertz CT molecular complexity index is 584. The van der Waals surface area contributed by atoms with Crippen molar-refractivity contribution in [1.82, 2.24) is 9.29 Å². The summed E-state index contributed by atoms with van der Waals surface area (Å²) in [5.74, 6) is 0. The molecule has 0 aliphatic heterocycles. The molecule has 2 aromatic rings. The molecule has 1 radical (unpaired) electrons. The fourth-order valence-electron chi connectivity index (χ4n) is 1.44. The third-order valence-corrected chi connectivity index (χ3v) is 3.95. The standard InChI is InChI=1S/C10H11N2O2S/c1-12(2)15(13,14)9-5-3-4-8-6-7-11-10(8)9/h3-7,11H,1H2,2H3. The highest BCUT2D eigenvalue weighted by Gasteiger charge is 2.20. The molecule has 0 amide bonds. The Morgan fingerprint density at radius 2 is 2.07 bits per heavy atom. The van der Waals surface area contributed by atoms with Crippen LogP contribution in [0.5, 0.6) is 0 Å². The van der Waals surface area contributed by atoms with Gasteiger partial charge in [0.1, 0.15) is 4.90 Å². The molecule has 1 aromatic heterocycles. The molecule has 0 saturated carbocycles. The number of sulfonamides is 1. The largest absolute Gasteiger partial charge is 0.360 e. The summed E-state index contributed by atoms with van der Waals surface area (Å²) in [6.07, 6.45) is 1.72. The first kappa shape index (κ1) is 10.2. The molecule has 0 unspecified atom stereocenters. The monoisotopic (exact) mass is 223 g/mol. The zero-order valence-electron chi connectivity index (χ0n) is 8.27. The van der Waals surface area contributed by atoms with Crippen LogP contribution in [0.15, 0.2) is 35.4 Å². The fraction of sp³-hybridized carbons (Fsp3) is 0.100. The topological polar surface area (TPSA) is 53.2 Å². The van der Waals surface area contributed by atoms with Gasteiger partial charge in [-0.1, -0.05) is 12.1 Å². The van der Waals surface area contributed by atoms with E-state index in [1.807, 2.05) is 12.1 Å². The Balaban J connectivity index is 2.77. The smallest absolute Gasteiger partial charge is 0.244 e. The van der Waals surface area contributed by atoms with Crippen molar-refractivity contribution in [3.05, 3.63) is 37.5 Å². The van der Waals surface area contributed by atoms with E-state index in [1.165, 1.54) is 7.05 Å². The van der Waals surface area contributed by atoms with Crippen molar-refractivity contribution in [1.29, 1.82) is 0 Å². The fourth-order valence-corrected chi connectivity index (χ4v) is 2.46. The van der Waals surface area contributed by atoms with Crippen molar-refractivity contribution in [2.24, 2.45) is 0 Å². The lowest BCUT2D eigenvalue weighted by Gasteiger charge is -2.11. The summed E-state index contributed by atoms with van der Waals surface area (Å²) >= 11 is 0. The highest BCUT2D eigenvalue weighted by Crippen LogP contribution is 2.23. The molecule has 1 N–H and O–H groups in total. The second-order valence-electron chi connectivity index (χ2n) is 3.30. The Morgan fingerprint density at radius 3 is 2.73 bits per heavy atom. The van der Waals surface area contributed by atoms with Crippen LogP contribution in [0, 0.1) is 7.05 Å². The van der Waals surface area contributed by atoms with Gasteiger partial charge in [0, 0.05) is 25.7 Å². The lowest BCUT2D eigenvalue weighted by atomic mass is 10.2. The maximum absolute atomic E-state index is 11.9. The number of benzene rings is 1. The Morgan fingerprint density at radius 1 is 1.33 bits per heavy atom. The molecule has 1 heterocycles. The molecule has 0 saturated heterocycles. The number of aromatic amines is 1. The van der Waals surface area contributed by atoms with Crippen LogP contribution in [-0.2, 0) is 10.0 Å². The van der Waals surface area contributed by atoms with Crippen LogP contribution in [-0.4, -0.2) is 24.8 Å². The van der Waals surface area contributed by atoms with Crippen molar-refractivity contribution in [2.45, 2.75) is 4.90 Å². The summed E-state index contributed by atoms with van der Waals surface area (Å²) in [4.78, 5) is 3.17. The molecule has 2 rings (SSSR count). The van der Waals surface area contributed by atoms with Gasteiger partial charge in [-0.15, -0.1) is 0 Å². The number of H-pyrrole nitrogens is 1. The predicted octanol–water partition coefficient (Wildman–Crippen LogP) is 1.58. The predicted molar refractivity (Wildman–Crippen MR) is 58.6 cm³/mol. The first-order valence-corrected chi connectivity index (χ1v) is 5.83. The Kier molecular flexibility index (Phi) is 2.28. The molecular weight excluding hydrogens is 212 g/mol. The lowest BCUT2D eigenvalue weighted by Crippen LogP contribution is -2.20. The molecule has 0 bridgehead atoms. The number of rotatable bonds is 2. The molecule has 79 valence electrons. The van der Waals surface area contributed by atoms with Gasteiger partial charge in [-0.3, -0.25) is 0 Å². The van der Waals surface area contributed by atoms with Gasteiger partial charge >= 0.3 is 0 Å². The summed E-state index contributed by atoms with van der Waals surface area (Å²) in [5, 5.41) is 0.873. The van der Waals surface area contributed by atoms with E-state index < -0.39 is 10.0 Å². The highest BCUT2D eigenvalue weighted by molar-refractivity contribution is 7.89. The normalized spacial score (nSPS) is 12.5. The maximum Gasteiger partial charge on any atom is 0.244 e. The van der Waals surface area contributed by atoms with E-state index in [9.17, 15) is 8.42 Å². The van der Waals surface area contributed by atoms with Gasteiger partial charge in [0.05, 0.1) is 5.52 Å². The van der Waals surface area contributed by atoms with Crippen LogP contribution in [0.4, 0.5) is 0 Å². The minimum atomic E-state index is -3.48. The maximum atomic E-state index is 11.9. The van der Waals surface area contributed by atoms with Crippen molar-refractivity contribution in [2.75, 3.05) is 7.05 Å². The molecule has 15 heavy (non-hydrogen) atoms. The van der Waals surface area contributed by atoms with Gasteiger partial charge in [-0.2, -0.15) is 4.31 Å².